The second-order valence-electron chi connectivity index (χ2n) is 3.83. The van der Waals surface area contributed by atoms with Crippen LogP contribution in [0.2, 0.25) is 0 Å². The molecule has 1 rings (SSSR count). The van der Waals surface area contributed by atoms with Crippen LogP contribution in [0.5, 0.6) is 0 Å². The average Bonchev–Trinajstić information content (AvgIpc) is 2.50. The van der Waals surface area contributed by atoms with Gasteiger partial charge in [0.05, 0.1) is 17.3 Å². The highest BCUT2D eigenvalue weighted by molar-refractivity contribution is 7.07. The monoisotopic (exact) mass is 199 g/mol. The lowest BCUT2D eigenvalue weighted by Gasteiger charge is -2.22. The van der Waals surface area contributed by atoms with Crippen LogP contribution in [-0.2, 0) is 6.42 Å². The topological polar surface area (TPSA) is 33.1 Å². The van der Waals surface area contributed by atoms with E-state index >= 15 is 0 Å². The summed E-state index contributed by atoms with van der Waals surface area (Å²) in [4.78, 5) is 4.23. The summed E-state index contributed by atoms with van der Waals surface area (Å²) in [7, 11) is 0. The van der Waals surface area contributed by atoms with Gasteiger partial charge in [-0.1, -0.05) is 13.8 Å². The lowest BCUT2D eigenvalue weighted by molar-refractivity contribution is 0.0971. The minimum Gasteiger partial charge on any atom is -0.393 e. The first-order valence-electron chi connectivity index (χ1n) is 4.66. The fourth-order valence-corrected chi connectivity index (χ4v) is 2.11. The molecule has 3 heteroatoms. The van der Waals surface area contributed by atoms with E-state index in [1.165, 1.54) is 0 Å². The average molecular weight is 199 g/mol. The Morgan fingerprint density at radius 2 is 2.15 bits per heavy atom. The van der Waals surface area contributed by atoms with Gasteiger partial charge in [0, 0.05) is 5.38 Å². The second kappa shape index (κ2) is 4.72. The molecule has 0 amide bonds. The van der Waals surface area contributed by atoms with E-state index in [0.29, 0.717) is 11.8 Å². The third kappa shape index (κ3) is 3.08. The predicted octanol–water partition coefficient (Wildman–Crippen LogP) is 2.34. The Balaban J connectivity index is 2.58. The number of aliphatic hydroxyl groups excluding tert-OH is 1. The predicted molar refractivity (Wildman–Crippen MR) is 55.8 cm³/mol. The van der Waals surface area contributed by atoms with E-state index < -0.39 is 0 Å². The fourth-order valence-electron chi connectivity index (χ4n) is 1.54. The van der Waals surface area contributed by atoms with Crippen LogP contribution in [0.15, 0.2) is 10.9 Å². The molecule has 1 N–H and O–H groups in total. The Hall–Kier alpha value is -0.410. The first kappa shape index (κ1) is 10.7. The largest absolute Gasteiger partial charge is 0.393 e. The van der Waals surface area contributed by atoms with Crippen molar-refractivity contribution >= 4 is 11.3 Å². The standard InChI is InChI=1S/C10H17NOS/c1-7(2)10(8(3)12)4-9-5-13-6-11-9/h5-8,10,12H,4H2,1-3H3. The molecular weight excluding hydrogens is 182 g/mol. The minimum atomic E-state index is -0.248. The zero-order valence-electron chi connectivity index (χ0n) is 8.40. The van der Waals surface area contributed by atoms with Crippen molar-refractivity contribution in [3.05, 3.63) is 16.6 Å². The maximum Gasteiger partial charge on any atom is 0.0794 e. The summed E-state index contributed by atoms with van der Waals surface area (Å²) in [6, 6.07) is 0. The Morgan fingerprint density at radius 3 is 2.54 bits per heavy atom. The van der Waals surface area contributed by atoms with Gasteiger partial charge in [0.15, 0.2) is 0 Å². The summed E-state index contributed by atoms with van der Waals surface area (Å²) in [5, 5.41) is 11.6. The molecule has 0 saturated heterocycles. The third-order valence-corrected chi connectivity index (χ3v) is 3.04. The van der Waals surface area contributed by atoms with Crippen LogP contribution in [0.3, 0.4) is 0 Å². The third-order valence-electron chi connectivity index (χ3n) is 2.40. The van der Waals surface area contributed by atoms with Gasteiger partial charge < -0.3 is 5.11 Å². The van der Waals surface area contributed by atoms with E-state index in [2.05, 4.69) is 24.2 Å². The second-order valence-corrected chi connectivity index (χ2v) is 4.55. The van der Waals surface area contributed by atoms with Crippen LogP contribution < -0.4 is 0 Å². The molecule has 0 aliphatic rings. The maximum absolute atomic E-state index is 9.56. The van der Waals surface area contributed by atoms with Crippen molar-refractivity contribution in [3.63, 3.8) is 0 Å². The smallest absolute Gasteiger partial charge is 0.0794 e. The molecular formula is C10H17NOS. The minimum absolute atomic E-state index is 0.248. The molecule has 1 aromatic heterocycles. The molecule has 0 aliphatic heterocycles. The van der Waals surface area contributed by atoms with Gasteiger partial charge in [0.1, 0.15) is 0 Å². The fraction of sp³-hybridized carbons (Fsp3) is 0.700. The van der Waals surface area contributed by atoms with Crippen LogP contribution >= 0.6 is 11.3 Å². The van der Waals surface area contributed by atoms with Crippen molar-refractivity contribution in [2.75, 3.05) is 0 Å². The molecule has 2 unspecified atom stereocenters. The summed E-state index contributed by atoms with van der Waals surface area (Å²) in [5.74, 6) is 0.823. The Bertz CT molecular complexity index is 223. The highest BCUT2D eigenvalue weighted by atomic mass is 32.1. The Kier molecular flexibility index (Phi) is 3.88. The normalized spacial score (nSPS) is 16.1. The lowest BCUT2D eigenvalue weighted by atomic mass is 9.87. The quantitative estimate of drug-likeness (QED) is 0.807. The SMILES string of the molecule is CC(C)C(Cc1cscn1)C(C)O. The molecule has 13 heavy (non-hydrogen) atoms. The van der Waals surface area contributed by atoms with Gasteiger partial charge in [-0.05, 0) is 25.2 Å². The summed E-state index contributed by atoms with van der Waals surface area (Å²) < 4.78 is 0. The number of aliphatic hydroxyl groups is 1. The van der Waals surface area contributed by atoms with Crippen molar-refractivity contribution in [2.24, 2.45) is 11.8 Å². The molecule has 2 atom stereocenters. The Morgan fingerprint density at radius 1 is 1.46 bits per heavy atom. The molecule has 0 saturated carbocycles. The van der Waals surface area contributed by atoms with Gasteiger partial charge in [-0.25, -0.2) is 4.98 Å². The number of rotatable bonds is 4. The number of nitrogens with zero attached hydrogens (tertiary/aromatic N) is 1. The van der Waals surface area contributed by atoms with Crippen molar-refractivity contribution in [1.29, 1.82) is 0 Å². The van der Waals surface area contributed by atoms with E-state index in [1.807, 2.05) is 12.4 Å². The number of hydrogen-bond acceptors (Lipinski definition) is 3. The molecule has 0 bridgehead atoms. The molecule has 0 aliphatic carbocycles. The number of thiazole rings is 1. The summed E-state index contributed by atoms with van der Waals surface area (Å²) in [6.45, 7) is 6.14. The summed E-state index contributed by atoms with van der Waals surface area (Å²) >= 11 is 1.61. The number of hydrogen-bond donors (Lipinski definition) is 1. The number of aromatic nitrogens is 1. The zero-order valence-corrected chi connectivity index (χ0v) is 9.21. The van der Waals surface area contributed by atoms with Gasteiger partial charge in [-0.2, -0.15) is 0 Å². The van der Waals surface area contributed by atoms with Crippen LogP contribution in [0.1, 0.15) is 26.5 Å². The molecule has 74 valence electrons. The van der Waals surface area contributed by atoms with Gasteiger partial charge >= 0.3 is 0 Å². The summed E-state index contributed by atoms with van der Waals surface area (Å²) in [5.41, 5.74) is 2.94. The van der Waals surface area contributed by atoms with Crippen molar-refractivity contribution < 1.29 is 5.11 Å². The van der Waals surface area contributed by atoms with E-state index in [1.54, 1.807) is 11.3 Å². The first-order valence-corrected chi connectivity index (χ1v) is 5.60. The van der Waals surface area contributed by atoms with Crippen LogP contribution in [0.25, 0.3) is 0 Å². The van der Waals surface area contributed by atoms with E-state index in [9.17, 15) is 5.11 Å². The van der Waals surface area contributed by atoms with Crippen LogP contribution in [-0.4, -0.2) is 16.2 Å². The van der Waals surface area contributed by atoms with Gasteiger partial charge in [-0.3, -0.25) is 0 Å². The van der Waals surface area contributed by atoms with Gasteiger partial charge in [0.25, 0.3) is 0 Å². The first-order chi connectivity index (χ1) is 6.11. The van der Waals surface area contributed by atoms with Crippen LogP contribution in [0.4, 0.5) is 0 Å². The van der Waals surface area contributed by atoms with Crippen molar-refractivity contribution in [3.8, 4) is 0 Å². The highest BCUT2D eigenvalue weighted by Crippen LogP contribution is 2.20. The van der Waals surface area contributed by atoms with E-state index in [-0.39, 0.29) is 6.10 Å². The molecule has 0 fully saturated rings. The van der Waals surface area contributed by atoms with Crippen molar-refractivity contribution in [2.45, 2.75) is 33.3 Å². The molecule has 2 nitrogen and oxygen atoms in total. The zero-order chi connectivity index (χ0) is 9.84. The van der Waals surface area contributed by atoms with Gasteiger partial charge in [0.2, 0.25) is 0 Å². The summed E-state index contributed by atoms with van der Waals surface area (Å²) in [6.07, 6.45) is 0.639. The van der Waals surface area contributed by atoms with Crippen LogP contribution in [0, 0.1) is 11.8 Å². The lowest BCUT2D eigenvalue weighted by Crippen LogP contribution is -2.24. The van der Waals surface area contributed by atoms with Gasteiger partial charge in [-0.15, -0.1) is 11.3 Å². The maximum atomic E-state index is 9.56. The Labute approximate surface area is 83.6 Å². The molecule has 1 aromatic rings. The molecule has 0 aromatic carbocycles. The van der Waals surface area contributed by atoms with E-state index in [4.69, 9.17) is 0 Å². The van der Waals surface area contributed by atoms with Crippen molar-refractivity contribution in [1.82, 2.24) is 4.98 Å². The molecule has 0 spiro atoms. The molecule has 0 radical (unpaired) electrons. The molecule has 1 heterocycles. The highest BCUT2D eigenvalue weighted by Gasteiger charge is 2.19. The van der Waals surface area contributed by atoms with E-state index in [0.717, 1.165) is 12.1 Å².